The van der Waals surface area contributed by atoms with Gasteiger partial charge in [-0.2, -0.15) is 5.10 Å². The molecule has 0 bridgehead atoms. The van der Waals surface area contributed by atoms with E-state index in [-0.39, 0.29) is 5.91 Å². The van der Waals surface area contributed by atoms with Crippen molar-refractivity contribution in [2.75, 3.05) is 31.1 Å². The number of hydrogen-bond acceptors (Lipinski definition) is 6. The third-order valence-corrected chi connectivity index (χ3v) is 4.56. The number of fused-ring (bicyclic) bond motifs is 1. The number of carbonyl (C=O) groups excluding carboxylic acids is 1. The summed E-state index contributed by atoms with van der Waals surface area (Å²) in [6, 6.07) is 11.5. The molecule has 0 N–H and O–H groups in total. The van der Waals surface area contributed by atoms with Crippen LogP contribution in [0.5, 0.6) is 0 Å². The lowest BCUT2D eigenvalue weighted by Gasteiger charge is -2.22. The van der Waals surface area contributed by atoms with Gasteiger partial charge < -0.3 is 9.80 Å². The molecule has 1 saturated heterocycles. The number of hydrogen-bond donors (Lipinski definition) is 0. The van der Waals surface area contributed by atoms with Crippen molar-refractivity contribution < 1.29 is 4.79 Å². The van der Waals surface area contributed by atoms with Gasteiger partial charge in [0, 0.05) is 26.2 Å². The SMILES string of the molecule is Cc1ccc(N2CCCN(C(=O)c3cnc4ccccc4n3)CC2)nn1. The van der Waals surface area contributed by atoms with Gasteiger partial charge in [-0.05, 0) is 37.6 Å². The van der Waals surface area contributed by atoms with Gasteiger partial charge in [-0.25, -0.2) is 4.98 Å². The third kappa shape index (κ3) is 3.33. The quantitative estimate of drug-likeness (QED) is 0.706. The highest BCUT2D eigenvalue weighted by Crippen LogP contribution is 2.15. The molecule has 7 nitrogen and oxygen atoms in total. The first-order valence-electron chi connectivity index (χ1n) is 8.77. The van der Waals surface area contributed by atoms with Crippen LogP contribution < -0.4 is 4.90 Å². The molecular formula is C19H20N6O. The number of benzene rings is 1. The molecule has 3 heterocycles. The van der Waals surface area contributed by atoms with E-state index in [1.54, 1.807) is 6.20 Å². The van der Waals surface area contributed by atoms with Crippen LogP contribution in [0.1, 0.15) is 22.6 Å². The van der Waals surface area contributed by atoms with Crippen molar-refractivity contribution in [2.24, 2.45) is 0 Å². The number of rotatable bonds is 2. The van der Waals surface area contributed by atoms with Gasteiger partial charge in [0.1, 0.15) is 5.69 Å². The summed E-state index contributed by atoms with van der Waals surface area (Å²) in [5.74, 6) is 0.787. The van der Waals surface area contributed by atoms with E-state index in [2.05, 4.69) is 25.1 Å². The first-order valence-corrected chi connectivity index (χ1v) is 8.77. The molecular weight excluding hydrogens is 328 g/mol. The number of amides is 1. The number of para-hydroxylation sites is 2. The molecule has 1 amide bonds. The van der Waals surface area contributed by atoms with Crippen LogP contribution >= 0.6 is 0 Å². The van der Waals surface area contributed by atoms with Gasteiger partial charge in [0.25, 0.3) is 5.91 Å². The van der Waals surface area contributed by atoms with Crippen LogP contribution in [-0.4, -0.2) is 57.2 Å². The second kappa shape index (κ2) is 7.03. The summed E-state index contributed by atoms with van der Waals surface area (Å²) >= 11 is 0. The lowest BCUT2D eigenvalue weighted by molar-refractivity contribution is 0.0761. The number of nitrogens with zero attached hydrogens (tertiary/aromatic N) is 6. The van der Waals surface area contributed by atoms with Crippen molar-refractivity contribution in [3.63, 3.8) is 0 Å². The molecule has 0 aliphatic carbocycles. The normalized spacial score (nSPS) is 15.1. The van der Waals surface area contributed by atoms with Crippen LogP contribution in [-0.2, 0) is 0 Å². The topological polar surface area (TPSA) is 75.1 Å². The van der Waals surface area contributed by atoms with Gasteiger partial charge >= 0.3 is 0 Å². The van der Waals surface area contributed by atoms with Crippen molar-refractivity contribution in [1.29, 1.82) is 0 Å². The van der Waals surface area contributed by atoms with Crippen molar-refractivity contribution in [1.82, 2.24) is 25.1 Å². The zero-order chi connectivity index (χ0) is 17.9. The van der Waals surface area contributed by atoms with Gasteiger partial charge in [0.15, 0.2) is 5.82 Å². The average Bonchev–Trinajstić information content (AvgIpc) is 2.94. The van der Waals surface area contributed by atoms with Gasteiger partial charge in [0.05, 0.1) is 22.9 Å². The zero-order valence-corrected chi connectivity index (χ0v) is 14.7. The molecule has 132 valence electrons. The van der Waals surface area contributed by atoms with E-state index in [0.717, 1.165) is 42.1 Å². The lowest BCUT2D eigenvalue weighted by Crippen LogP contribution is -2.36. The minimum Gasteiger partial charge on any atom is -0.353 e. The molecule has 4 rings (SSSR count). The molecule has 26 heavy (non-hydrogen) atoms. The summed E-state index contributed by atoms with van der Waals surface area (Å²) in [5.41, 5.74) is 2.83. The maximum atomic E-state index is 12.9. The van der Waals surface area contributed by atoms with E-state index in [1.165, 1.54) is 0 Å². The van der Waals surface area contributed by atoms with Gasteiger partial charge in [0.2, 0.25) is 0 Å². The molecule has 1 aliphatic rings. The summed E-state index contributed by atoms with van der Waals surface area (Å²) < 4.78 is 0. The monoisotopic (exact) mass is 348 g/mol. The number of aryl methyl sites for hydroxylation is 1. The van der Waals surface area contributed by atoms with Gasteiger partial charge in [-0.3, -0.25) is 9.78 Å². The summed E-state index contributed by atoms with van der Waals surface area (Å²) in [4.78, 5) is 25.7. The Balaban J connectivity index is 1.49. The van der Waals surface area contributed by atoms with Gasteiger partial charge in [-0.1, -0.05) is 12.1 Å². The molecule has 2 aromatic heterocycles. The Kier molecular flexibility index (Phi) is 4.43. The van der Waals surface area contributed by atoms with Crippen molar-refractivity contribution in [3.05, 3.63) is 54.0 Å². The van der Waals surface area contributed by atoms with E-state index in [0.29, 0.717) is 18.8 Å². The van der Waals surface area contributed by atoms with E-state index >= 15 is 0 Å². The Morgan fingerprint density at radius 3 is 2.62 bits per heavy atom. The molecule has 1 aromatic carbocycles. The summed E-state index contributed by atoms with van der Waals surface area (Å²) in [5, 5.41) is 8.38. The standard InChI is InChI=1S/C19H20N6O/c1-14-7-8-18(23-22-14)24-9-4-10-25(12-11-24)19(26)17-13-20-15-5-2-3-6-16(15)21-17/h2-3,5-8,13H,4,9-12H2,1H3. The molecule has 0 spiro atoms. The molecule has 0 unspecified atom stereocenters. The van der Waals surface area contributed by atoms with E-state index in [4.69, 9.17) is 0 Å². The predicted octanol–water partition coefficient (Wildman–Crippen LogP) is 2.08. The number of anilines is 1. The summed E-state index contributed by atoms with van der Waals surface area (Å²) in [7, 11) is 0. The largest absolute Gasteiger partial charge is 0.353 e. The minimum atomic E-state index is -0.0694. The molecule has 1 fully saturated rings. The number of aromatic nitrogens is 4. The van der Waals surface area contributed by atoms with E-state index in [9.17, 15) is 4.79 Å². The van der Waals surface area contributed by atoms with Crippen molar-refractivity contribution >= 4 is 22.8 Å². The summed E-state index contributed by atoms with van der Waals surface area (Å²) in [6.07, 6.45) is 2.45. The van der Waals surface area contributed by atoms with Crippen LogP contribution in [0.2, 0.25) is 0 Å². The van der Waals surface area contributed by atoms with E-state index < -0.39 is 0 Å². The Morgan fingerprint density at radius 2 is 1.81 bits per heavy atom. The van der Waals surface area contributed by atoms with Crippen molar-refractivity contribution in [3.8, 4) is 0 Å². The molecule has 0 atom stereocenters. The fourth-order valence-corrected chi connectivity index (χ4v) is 3.13. The number of carbonyl (C=O) groups is 1. The lowest BCUT2D eigenvalue weighted by atomic mass is 10.2. The summed E-state index contributed by atoms with van der Waals surface area (Å²) in [6.45, 7) is 4.83. The Morgan fingerprint density at radius 1 is 0.962 bits per heavy atom. The van der Waals surface area contributed by atoms with Crippen LogP contribution in [0, 0.1) is 6.92 Å². The minimum absolute atomic E-state index is 0.0694. The van der Waals surface area contributed by atoms with Gasteiger partial charge in [-0.15, -0.1) is 5.10 Å². The Hall–Kier alpha value is -3.09. The van der Waals surface area contributed by atoms with Crippen LogP contribution in [0.25, 0.3) is 11.0 Å². The smallest absolute Gasteiger partial charge is 0.274 e. The fraction of sp³-hybridized carbons (Fsp3) is 0.316. The first-order chi connectivity index (χ1) is 12.7. The second-order valence-corrected chi connectivity index (χ2v) is 6.41. The van der Waals surface area contributed by atoms with Crippen molar-refractivity contribution in [2.45, 2.75) is 13.3 Å². The Labute approximate surface area is 151 Å². The zero-order valence-electron chi connectivity index (χ0n) is 14.7. The molecule has 1 aliphatic heterocycles. The third-order valence-electron chi connectivity index (χ3n) is 4.56. The predicted molar refractivity (Wildman–Crippen MR) is 99.0 cm³/mol. The van der Waals surface area contributed by atoms with E-state index in [1.807, 2.05) is 48.2 Å². The highest BCUT2D eigenvalue weighted by atomic mass is 16.2. The average molecular weight is 348 g/mol. The molecule has 0 radical (unpaired) electrons. The van der Waals surface area contributed by atoms with Crippen LogP contribution in [0.15, 0.2) is 42.6 Å². The van der Waals surface area contributed by atoms with Crippen LogP contribution in [0.4, 0.5) is 5.82 Å². The first kappa shape index (κ1) is 16.4. The molecule has 3 aromatic rings. The fourth-order valence-electron chi connectivity index (χ4n) is 3.13. The molecule has 0 saturated carbocycles. The second-order valence-electron chi connectivity index (χ2n) is 6.41. The molecule has 7 heteroatoms. The van der Waals surface area contributed by atoms with Crippen LogP contribution in [0.3, 0.4) is 0 Å². The maximum absolute atomic E-state index is 12.9. The highest BCUT2D eigenvalue weighted by Gasteiger charge is 2.22. The maximum Gasteiger partial charge on any atom is 0.274 e. The highest BCUT2D eigenvalue weighted by molar-refractivity contribution is 5.93. The Bertz CT molecular complexity index is 927.